The van der Waals surface area contributed by atoms with E-state index in [-0.39, 0.29) is 32.0 Å². The van der Waals surface area contributed by atoms with Gasteiger partial charge in [0.2, 0.25) is 15.9 Å². The van der Waals surface area contributed by atoms with Gasteiger partial charge < -0.3 is 14.8 Å². The number of nitrogens with one attached hydrogen (secondary N) is 2. The predicted octanol–water partition coefficient (Wildman–Crippen LogP) is 4.36. The first-order chi connectivity index (χ1) is 17.8. The average molecular weight is 601 g/mol. The summed E-state index contributed by atoms with van der Waals surface area (Å²) in [4.78, 5) is 12.9. The topological polar surface area (TPSA) is 131 Å². The number of carbonyl (C=O) groups excluding carboxylic acids is 1. The molecule has 10 nitrogen and oxygen atoms in total. The third-order valence-electron chi connectivity index (χ3n) is 5.42. The smallest absolute Gasteiger partial charge is 0.261 e. The number of hydrogen-bond acceptors (Lipinski definition) is 7. The summed E-state index contributed by atoms with van der Waals surface area (Å²) in [7, 11) is -7.85. The third-order valence-corrected chi connectivity index (χ3v) is 8.49. The first kappa shape index (κ1) is 27.8. The molecule has 0 bridgehead atoms. The van der Waals surface area contributed by atoms with Gasteiger partial charge in [0, 0.05) is 21.8 Å². The molecule has 0 saturated heterocycles. The molecule has 1 aliphatic heterocycles. The van der Waals surface area contributed by atoms with Crippen molar-refractivity contribution in [3.05, 3.63) is 70.7 Å². The SMILES string of the molecule is C[C@H](C(=O)Nc1ccc(S(=O)(=O)Nc2cc(Cl)cc(Cl)c2)cc1)N(c1ccc2c(c1)OCCO2)S(C)(=O)=O. The fourth-order valence-corrected chi connectivity index (χ4v) is 6.50. The van der Waals surface area contributed by atoms with Gasteiger partial charge in [-0.1, -0.05) is 23.2 Å². The molecular weight excluding hydrogens is 577 g/mol. The number of hydrogen-bond donors (Lipinski definition) is 2. The van der Waals surface area contributed by atoms with E-state index in [9.17, 15) is 21.6 Å². The number of halogens is 2. The average Bonchev–Trinajstić information content (AvgIpc) is 2.82. The molecule has 2 N–H and O–H groups in total. The molecule has 0 aromatic heterocycles. The van der Waals surface area contributed by atoms with Crippen LogP contribution in [0.25, 0.3) is 0 Å². The summed E-state index contributed by atoms with van der Waals surface area (Å²) in [6.45, 7) is 2.14. The zero-order valence-electron chi connectivity index (χ0n) is 20.1. The summed E-state index contributed by atoms with van der Waals surface area (Å²) in [6, 6.07) is 13.1. The maximum absolute atomic E-state index is 13.0. The van der Waals surface area contributed by atoms with E-state index >= 15 is 0 Å². The van der Waals surface area contributed by atoms with E-state index < -0.39 is 32.0 Å². The lowest BCUT2D eigenvalue weighted by Gasteiger charge is -2.29. The van der Waals surface area contributed by atoms with E-state index in [1.54, 1.807) is 6.07 Å². The van der Waals surface area contributed by atoms with Crippen molar-refractivity contribution in [3.63, 3.8) is 0 Å². The van der Waals surface area contributed by atoms with Crippen LogP contribution in [0.1, 0.15) is 6.92 Å². The maximum Gasteiger partial charge on any atom is 0.261 e. The van der Waals surface area contributed by atoms with Gasteiger partial charge in [-0.2, -0.15) is 0 Å². The second kappa shape index (κ2) is 10.9. The van der Waals surface area contributed by atoms with Crippen LogP contribution in [0, 0.1) is 0 Å². The Kier molecular flexibility index (Phi) is 7.98. The number of sulfonamides is 2. The normalized spacial score (nSPS) is 13.9. The Morgan fingerprint density at radius 2 is 1.47 bits per heavy atom. The zero-order chi connectivity index (χ0) is 27.7. The van der Waals surface area contributed by atoms with Crippen molar-refractivity contribution >= 4 is 66.2 Å². The Hall–Kier alpha value is -3.19. The van der Waals surface area contributed by atoms with Gasteiger partial charge in [-0.05, 0) is 61.5 Å². The zero-order valence-corrected chi connectivity index (χ0v) is 23.3. The number of ether oxygens (including phenoxy) is 2. The van der Waals surface area contributed by atoms with Gasteiger partial charge >= 0.3 is 0 Å². The highest BCUT2D eigenvalue weighted by molar-refractivity contribution is 7.92. The summed E-state index contributed by atoms with van der Waals surface area (Å²) >= 11 is 11.9. The Morgan fingerprint density at radius 1 is 0.868 bits per heavy atom. The van der Waals surface area contributed by atoms with Crippen LogP contribution in [0.4, 0.5) is 17.1 Å². The van der Waals surface area contributed by atoms with Crippen molar-refractivity contribution in [2.75, 3.05) is 33.8 Å². The maximum atomic E-state index is 13.0. The molecule has 202 valence electrons. The molecule has 1 aliphatic rings. The van der Waals surface area contributed by atoms with Crippen LogP contribution < -0.4 is 23.8 Å². The van der Waals surface area contributed by atoms with Gasteiger partial charge in [0.25, 0.3) is 10.0 Å². The van der Waals surface area contributed by atoms with E-state index in [0.717, 1.165) is 10.6 Å². The van der Waals surface area contributed by atoms with Crippen LogP contribution in [-0.2, 0) is 24.8 Å². The summed E-state index contributed by atoms with van der Waals surface area (Å²) in [5, 5.41) is 3.15. The highest BCUT2D eigenvalue weighted by Crippen LogP contribution is 2.35. The fraction of sp³-hybridized carbons (Fsp3) is 0.208. The molecule has 1 amide bonds. The number of carbonyl (C=O) groups is 1. The molecular formula is C24H23Cl2N3O7S2. The van der Waals surface area contributed by atoms with Crippen LogP contribution in [0.2, 0.25) is 10.0 Å². The monoisotopic (exact) mass is 599 g/mol. The minimum absolute atomic E-state index is 0.0753. The van der Waals surface area contributed by atoms with Gasteiger partial charge in [0.05, 0.1) is 22.5 Å². The quantitative estimate of drug-likeness (QED) is 0.393. The lowest BCUT2D eigenvalue weighted by atomic mass is 10.2. The largest absolute Gasteiger partial charge is 0.486 e. The van der Waals surface area contributed by atoms with Gasteiger partial charge in [0.1, 0.15) is 19.3 Å². The standard InChI is InChI=1S/C24H23Cl2N3O7S2/c1-15(29(37(2,31)32)20-5-8-22-23(14-20)36-10-9-35-22)24(30)27-18-3-6-21(7-4-18)38(33,34)28-19-12-16(25)11-17(26)13-19/h3-8,11-15,28H,9-10H2,1-2H3,(H,27,30)/t15-/m1/s1. The lowest BCUT2D eigenvalue weighted by molar-refractivity contribution is -0.116. The molecule has 1 atom stereocenters. The number of fused-ring (bicyclic) bond motifs is 1. The van der Waals surface area contributed by atoms with E-state index in [0.29, 0.717) is 24.7 Å². The minimum atomic E-state index is -3.97. The summed E-state index contributed by atoms with van der Waals surface area (Å²) in [5.41, 5.74) is 0.684. The van der Waals surface area contributed by atoms with Crippen LogP contribution in [0.5, 0.6) is 11.5 Å². The van der Waals surface area contributed by atoms with Crippen LogP contribution >= 0.6 is 23.2 Å². The van der Waals surface area contributed by atoms with Gasteiger partial charge in [-0.25, -0.2) is 16.8 Å². The lowest BCUT2D eigenvalue weighted by Crippen LogP contribution is -2.45. The predicted molar refractivity (Wildman–Crippen MR) is 147 cm³/mol. The van der Waals surface area contributed by atoms with Crippen LogP contribution in [-0.4, -0.2) is 48.3 Å². The van der Waals surface area contributed by atoms with Crippen molar-refractivity contribution in [3.8, 4) is 11.5 Å². The van der Waals surface area contributed by atoms with Gasteiger partial charge in [-0.15, -0.1) is 0 Å². The molecule has 3 aromatic carbocycles. The van der Waals surface area contributed by atoms with Crippen molar-refractivity contribution in [1.29, 1.82) is 0 Å². The molecule has 0 aliphatic carbocycles. The molecule has 3 aromatic rings. The highest BCUT2D eigenvalue weighted by atomic mass is 35.5. The molecule has 38 heavy (non-hydrogen) atoms. The molecule has 0 saturated carbocycles. The number of anilines is 3. The van der Waals surface area contributed by atoms with E-state index in [2.05, 4.69) is 10.0 Å². The third kappa shape index (κ3) is 6.44. The molecule has 0 fully saturated rings. The minimum Gasteiger partial charge on any atom is -0.486 e. The molecule has 0 radical (unpaired) electrons. The highest BCUT2D eigenvalue weighted by Gasteiger charge is 2.30. The van der Waals surface area contributed by atoms with Gasteiger partial charge in [-0.3, -0.25) is 13.8 Å². The van der Waals surface area contributed by atoms with Crippen molar-refractivity contribution in [1.82, 2.24) is 0 Å². The van der Waals surface area contributed by atoms with Crippen molar-refractivity contribution in [2.24, 2.45) is 0 Å². The molecule has 4 rings (SSSR count). The summed E-state index contributed by atoms with van der Waals surface area (Å²) < 4.78 is 65.1. The van der Waals surface area contributed by atoms with E-state index in [1.807, 2.05) is 0 Å². The Balaban J connectivity index is 1.50. The molecule has 1 heterocycles. The Bertz CT molecular complexity index is 1560. The first-order valence-corrected chi connectivity index (χ1v) is 15.2. The number of amides is 1. The van der Waals surface area contributed by atoms with Crippen molar-refractivity contribution in [2.45, 2.75) is 17.9 Å². The number of benzene rings is 3. The molecule has 0 unspecified atom stereocenters. The van der Waals surface area contributed by atoms with Crippen LogP contribution in [0.15, 0.2) is 65.6 Å². The van der Waals surface area contributed by atoms with E-state index in [1.165, 1.54) is 61.5 Å². The second-order valence-corrected chi connectivity index (χ2v) is 12.8. The first-order valence-electron chi connectivity index (χ1n) is 11.1. The fourth-order valence-electron chi connectivity index (χ4n) is 3.77. The van der Waals surface area contributed by atoms with Crippen molar-refractivity contribution < 1.29 is 31.1 Å². The Labute approximate surface area is 230 Å². The number of nitrogens with zero attached hydrogens (tertiary/aromatic N) is 1. The molecule has 14 heteroatoms. The summed E-state index contributed by atoms with van der Waals surface area (Å²) in [5.74, 6) is 0.224. The molecule has 0 spiro atoms. The van der Waals surface area contributed by atoms with Crippen LogP contribution in [0.3, 0.4) is 0 Å². The number of rotatable bonds is 8. The second-order valence-electron chi connectivity index (χ2n) is 8.34. The van der Waals surface area contributed by atoms with E-state index in [4.69, 9.17) is 32.7 Å². The summed E-state index contributed by atoms with van der Waals surface area (Å²) in [6.07, 6.45) is 0.993. The van der Waals surface area contributed by atoms with Gasteiger partial charge in [0.15, 0.2) is 11.5 Å². The Morgan fingerprint density at radius 3 is 2.08 bits per heavy atom.